The lowest BCUT2D eigenvalue weighted by molar-refractivity contribution is -0.138. The Bertz CT molecular complexity index is 1770. The monoisotopic (exact) mass is 650 g/mol. The van der Waals surface area contributed by atoms with Gasteiger partial charge in [-0.05, 0) is 102 Å². The molecule has 4 aromatic carbocycles. The first-order valence-corrected chi connectivity index (χ1v) is 15.8. The number of fused-ring (bicyclic) bond motifs is 1. The number of aryl methyl sites for hydroxylation is 1. The summed E-state index contributed by atoms with van der Waals surface area (Å²) < 4.78 is 27.0. The first-order chi connectivity index (χ1) is 23.3. The first-order valence-electron chi connectivity index (χ1n) is 15.8. The van der Waals surface area contributed by atoms with Crippen molar-refractivity contribution in [2.24, 2.45) is 0 Å². The highest BCUT2D eigenvalue weighted by molar-refractivity contribution is 5.97. The number of ether oxygens (including phenoxy) is 5. The lowest BCUT2D eigenvalue weighted by atomic mass is 10.0. The van der Waals surface area contributed by atoms with Crippen LogP contribution in [0.4, 0.5) is 0 Å². The third-order valence-electron chi connectivity index (χ3n) is 7.24. The lowest BCUT2D eigenvalue weighted by Crippen LogP contribution is -2.12. The minimum Gasteiger partial charge on any atom is -0.494 e. The Kier molecular flexibility index (Phi) is 13.1. The van der Waals surface area contributed by atoms with Crippen molar-refractivity contribution in [1.29, 1.82) is 0 Å². The second kappa shape index (κ2) is 17.9. The Balaban J connectivity index is 1.31. The zero-order valence-electron chi connectivity index (χ0n) is 26.9. The van der Waals surface area contributed by atoms with Crippen LogP contribution in [-0.4, -0.2) is 30.5 Å². The molecule has 4 aromatic rings. The van der Waals surface area contributed by atoms with Crippen molar-refractivity contribution in [2.45, 2.75) is 51.9 Å². The average molecular weight is 651 g/mol. The molecule has 0 N–H and O–H groups in total. The van der Waals surface area contributed by atoms with E-state index < -0.39 is 17.9 Å². The van der Waals surface area contributed by atoms with E-state index in [1.807, 2.05) is 6.92 Å². The van der Waals surface area contributed by atoms with E-state index >= 15 is 0 Å². The summed E-state index contributed by atoms with van der Waals surface area (Å²) in [6.07, 6.45) is 7.39. The van der Waals surface area contributed by atoms with Gasteiger partial charge in [-0.15, -0.1) is 0 Å². The number of carbonyl (C=O) groups excluding carboxylic acids is 4. The van der Waals surface area contributed by atoms with Crippen LogP contribution in [0.1, 0.15) is 71.7 Å². The van der Waals surface area contributed by atoms with Gasteiger partial charge in [0.25, 0.3) is 0 Å². The van der Waals surface area contributed by atoms with E-state index in [1.54, 1.807) is 78.9 Å². The zero-order chi connectivity index (χ0) is 34.3. The van der Waals surface area contributed by atoms with Crippen LogP contribution in [0.15, 0.2) is 104 Å². The van der Waals surface area contributed by atoms with Crippen molar-refractivity contribution < 1.29 is 42.9 Å². The highest BCUT2D eigenvalue weighted by Gasteiger charge is 2.17. The third-order valence-corrected chi connectivity index (χ3v) is 7.24. The summed E-state index contributed by atoms with van der Waals surface area (Å²) in [6.45, 7) is 9.29. The van der Waals surface area contributed by atoms with Crippen molar-refractivity contribution in [3.8, 4) is 23.0 Å². The fraction of sp³-hybridized carbons (Fsp3) is 0.231. The largest absolute Gasteiger partial charge is 0.494 e. The van der Waals surface area contributed by atoms with E-state index in [-0.39, 0.29) is 5.97 Å². The van der Waals surface area contributed by atoms with Gasteiger partial charge in [-0.25, -0.2) is 14.4 Å². The summed E-state index contributed by atoms with van der Waals surface area (Å²) in [5.74, 6) is -0.144. The van der Waals surface area contributed by atoms with Crippen molar-refractivity contribution in [3.05, 3.63) is 121 Å². The van der Waals surface area contributed by atoms with E-state index in [0.717, 1.165) is 55.2 Å². The standard InChI is InChI=1S/C39H38O9/c1-4-11-29-25-31(38(42)47-33-20-18-32(19-21-33)45-23-10-8-7-9-12-37(41)44-6-3)16-22-35(29)48-39(43)30-14-13-28-26-34(46-36(40)5-2)17-15-27(28)24-30/h5-6,13-22,24-26H,2-4,7-12,23H2,1H3. The molecule has 9 nitrogen and oxygen atoms in total. The van der Waals surface area contributed by atoms with Crippen LogP contribution >= 0.6 is 0 Å². The maximum Gasteiger partial charge on any atom is 0.343 e. The zero-order valence-corrected chi connectivity index (χ0v) is 26.9. The highest BCUT2D eigenvalue weighted by atomic mass is 16.5. The third kappa shape index (κ3) is 10.4. The number of unbranched alkanes of at least 4 members (excludes halogenated alkanes) is 3. The first kappa shape index (κ1) is 35.2. The summed E-state index contributed by atoms with van der Waals surface area (Å²) in [5.41, 5.74) is 1.38. The molecule has 0 aliphatic carbocycles. The van der Waals surface area contributed by atoms with Gasteiger partial charge in [-0.2, -0.15) is 0 Å². The van der Waals surface area contributed by atoms with Crippen LogP contribution in [0.25, 0.3) is 10.8 Å². The van der Waals surface area contributed by atoms with Crippen LogP contribution < -0.4 is 18.9 Å². The van der Waals surface area contributed by atoms with Gasteiger partial charge in [-0.3, -0.25) is 4.79 Å². The molecule has 0 saturated heterocycles. The van der Waals surface area contributed by atoms with Gasteiger partial charge in [0.05, 0.1) is 24.0 Å². The number of carbonyl (C=O) groups is 4. The minimum atomic E-state index is -0.557. The second-order valence-electron chi connectivity index (χ2n) is 10.8. The Hall–Kier alpha value is -5.70. The molecule has 0 unspecified atom stereocenters. The molecule has 0 bridgehead atoms. The summed E-state index contributed by atoms with van der Waals surface area (Å²) in [4.78, 5) is 48.9. The Labute approximate surface area is 279 Å². The molecule has 4 rings (SSSR count). The fourth-order valence-corrected chi connectivity index (χ4v) is 4.84. The van der Waals surface area contributed by atoms with Crippen molar-refractivity contribution in [1.82, 2.24) is 0 Å². The molecule has 0 atom stereocenters. The Morgan fingerprint density at radius 3 is 2.06 bits per heavy atom. The average Bonchev–Trinajstić information content (AvgIpc) is 3.09. The summed E-state index contributed by atoms with van der Waals surface area (Å²) >= 11 is 0. The van der Waals surface area contributed by atoms with Crippen LogP contribution in [-0.2, 0) is 20.7 Å². The highest BCUT2D eigenvalue weighted by Crippen LogP contribution is 2.27. The van der Waals surface area contributed by atoms with Gasteiger partial charge in [0.2, 0.25) is 0 Å². The van der Waals surface area contributed by atoms with Gasteiger partial charge in [-0.1, -0.05) is 51.5 Å². The van der Waals surface area contributed by atoms with E-state index in [2.05, 4.69) is 13.2 Å². The van der Waals surface area contributed by atoms with E-state index in [9.17, 15) is 19.2 Å². The molecule has 248 valence electrons. The van der Waals surface area contributed by atoms with Gasteiger partial charge < -0.3 is 23.7 Å². The molecule has 0 spiro atoms. The topological polar surface area (TPSA) is 114 Å². The normalized spacial score (nSPS) is 10.5. The summed E-state index contributed by atoms with van der Waals surface area (Å²) in [5, 5.41) is 1.55. The fourth-order valence-electron chi connectivity index (χ4n) is 4.84. The summed E-state index contributed by atoms with van der Waals surface area (Å²) in [6, 6.07) is 21.8. The van der Waals surface area contributed by atoms with E-state index in [1.165, 1.54) is 0 Å². The van der Waals surface area contributed by atoms with Crippen LogP contribution in [0.5, 0.6) is 23.0 Å². The van der Waals surface area contributed by atoms with Crippen molar-refractivity contribution in [2.75, 3.05) is 6.61 Å². The quantitative estimate of drug-likeness (QED) is 0.0366. The van der Waals surface area contributed by atoms with Crippen LogP contribution in [0, 0.1) is 0 Å². The predicted molar refractivity (Wildman–Crippen MR) is 181 cm³/mol. The van der Waals surface area contributed by atoms with Gasteiger partial charge in [0.15, 0.2) is 0 Å². The van der Waals surface area contributed by atoms with Crippen LogP contribution in [0.2, 0.25) is 0 Å². The van der Waals surface area contributed by atoms with E-state index in [4.69, 9.17) is 23.7 Å². The lowest BCUT2D eigenvalue weighted by Gasteiger charge is -2.12. The van der Waals surface area contributed by atoms with E-state index in [0.29, 0.717) is 59.1 Å². The Morgan fingerprint density at radius 1 is 0.667 bits per heavy atom. The number of esters is 4. The van der Waals surface area contributed by atoms with Gasteiger partial charge >= 0.3 is 23.9 Å². The molecule has 0 radical (unpaired) electrons. The number of hydrogen-bond acceptors (Lipinski definition) is 9. The summed E-state index contributed by atoms with van der Waals surface area (Å²) in [7, 11) is 0. The second-order valence-corrected chi connectivity index (χ2v) is 10.8. The maximum absolute atomic E-state index is 13.1. The molecule has 48 heavy (non-hydrogen) atoms. The number of benzene rings is 4. The molecule has 0 saturated carbocycles. The molecule has 9 heteroatoms. The molecule has 0 aliphatic heterocycles. The number of rotatable bonds is 17. The molecule has 0 amide bonds. The molecule has 0 aromatic heterocycles. The van der Waals surface area contributed by atoms with Gasteiger partial charge in [0, 0.05) is 12.5 Å². The van der Waals surface area contributed by atoms with Crippen LogP contribution in [0.3, 0.4) is 0 Å². The minimum absolute atomic E-state index is 0.271. The predicted octanol–water partition coefficient (Wildman–Crippen LogP) is 8.34. The smallest absolute Gasteiger partial charge is 0.343 e. The number of hydrogen-bond donors (Lipinski definition) is 0. The molecule has 0 fully saturated rings. The van der Waals surface area contributed by atoms with Crippen molar-refractivity contribution >= 4 is 34.6 Å². The maximum atomic E-state index is 13.1. The Morgan fingerprint density at radius 2 is 1.31 bits per heavy atom. The molecular weight excluding hydrogens is 612 g/mol. The van der Waals surface area contributed by atoms with Gasteiger partial charge in [0.1, 0.15) is 23.0 Å². The SMILES string of the molecule is C=COC(=O)CCCCCCOc1ccc(OC(=O)c2ccc(OC(=O)c3ccc4cc(OC(=O)C=C)ccc4c3)c(CCC)c2)cc1. The molecule has 0 aliphatic rings. The van der Waals surface area contributed by atoms with Crippen molar-refractivity contribution in [3.63, 3.8) is 0 Å². The molecule has 0 heterocycles. The molecular formula is C39H38O9.